The van der Waals surface area contributed by atoms with Gasteiger partial charge in [-0.1, -0.05) is 6.92 Å². The van der Waals surface area contributed by atoms with Gasteiger partial charge in [0, 0.05) is 31.7 Å². The number of rotatable bonds is 4. The van der Waals surface area contributed by atoms with Crippen molar-refractivity contribution in [2.45, 2.75) is 26.3 Å². The summed E-state index contributed by atoms with van der Waals surface area (Å²) in [5.74, 6) is -1.15. The Morgan fingerprint density at radius 3 is 2.50 bits per heavy atom. The van der Waals surface area contributed by atoms with Crippen LogP contribution in [-0.2, 0) is 16.1 Å². The van der Waals surface area contributed by atoms with Crippen LogP contribution in [0.3, 0.4) is 0 Å². The highest BCUT2D eigenvalue weighted by Gasteiger charge is 2.25. The molecular weight excluding hydrogens is 264 g/mol. The van der Waals surface area contributed by atoms with E-state index in [1.807, 2.05) is 6.92 Å². The SMILES string of the molecule is CC(C(=O)NCc1cc(F)cc(F)c1)C1CCOCC1. The maximum absolute atomic E-state index is 13.0. The summed E-state index contributed by atoms with van der Waals surface area (Å²) in [5, 5.41) is 2.74. The molecule has 1 aliphatic heterocycles. The Morgan fingerprint density at radius 2 is 1.90 bits per heavy atom. The normalized spacial score (nSPS) is 17.8. The zero-order valence-electron chi connectivity index (χ0n) is 11.5. The molecule has 110 valence electrons. The van der Waals surface area contributed by atoms with Crippen LogP contribution >= 0.6 is 0 Å². The monoisotopic (exact) mass is 283 g/mol. The highest BCUT2D eigenvalue weighted by molar-refractivity contribution is 5.78. The maximum Gasteiger partial charge on any atom is 0.223 e. The summed E-state index contributed by atoms with van der Waals surface area (Å²) < 4.78 is 31.3. The largest absolute Gasteiger partial charge is 0.381 e. The van der Waals surface area contributed by atoms with Crippen LogP contribution in [0, 0.1) is 23.5 Å². The molecule has 5 heteroatoms. The Morgan fingerprint density at radius 1 is 1.30 bits per heavy atom. The smallest absolute Gasteiger partial charge is 0.223 e. The van der Waals surface area contributed by atoms with E-state index in [2.05, 4.69) is 5.32 Å². The zero-order valence-corrected chi connectivity index (χ0v) is 11.5. The van der Waals surface area contributed by atoms with E-state index in [1.165, 1.54) is 12.1 Å². The molecule has 1 amide bonds. The number of carbonyl (C=O) groups excluding carboxylic acids is 1. The quantitative estimate of drug-likeness (QED) is 0.922. The molecule has 1 saturated heterocycles. The number of hydrogen-bond acceptors (Lipinski definition) is 2. The van der Waals surface area contributed by atoms with Gasteiger partial charge in [0.2, 0.25) is 5.91 Å². The van der Waals surface area contributed by atoms with E-state index in [0.717, 1.165) is 18.9 Å². The molecule has 2 rings (SSSR count). The van der Waals surface area contributed by atoms with Crippen LogP contribution < -0.4 is 5.32 Å². The van der Waals surface area contributed by atoms with Crippen LogP contribution in [0.5, 0.6) is 0 Å². The number of hydrogen-bond donors (Lipinski definition) is 1. The second-order valence-electron chi connectivity index (χ2n) is 5.23. The number of nitrogens with one attached hydrogen (secondary N) is 1. The maximum atomic E-state index is 13.0. The van der Waals surface area contributed by atoms with E-state index >= 15 is 0 Å². The number of carbonyl (C=O) groups is 1. The number of benzene rings is 1. The van der Waals surface area contributed by atoms with Crippen molar-refractivity contribution in [3.05, 3.63) is 35.4 Å². The highest BCUT2D eigenvalue weighted by atomic mass is 19.1. The van der Waals surface area contributed by atoms with Crippen LogP contribution in [-0.4, -0.2) is 19.1 Å². The summed E-state index contributed by atoms with van der Waals surface area (Å²) in [6.07, 6.45) is 1.76. The van der Waals surface area contributed by atoms with Crippen molar-refractivity contribution in [3.63, 3.8) is 0 Å². The van der Waals surface area contributed by atoms with Gasteiger partial charge in [-0.2, -0.15) is 0 Å². The van der Waals surface area contributed by atoms with Crippen molar-refractivity contribution in [2.75, 3.05) is 13.2 Å². The first-order valence-corrected chi connectivity index (χ1v) is 6.86. The Labute approximate surface area is 117 Å². The van der Waals surface area contributed by atoms with Crippen molar-refractivity contribution < 1.29 is 18.3 Å². The Hall–Kier alpha value is -1.49. The minimum Gasteiger partial charge on any atom is -0.381 e. The van der Waals surface area contributed by atoms with Crippen LogP contribution in [0.1, 0.15) is 25.3 Å². The highest BCUT2D eigenvalue weighted by Crippen LogP contribution is 2.23. The Balaban J connectivity index is 1.87. The number of ether oxygens (including phenoxy) is 1. The fourth-order valence-corrected chi connectivity index (χ4v) is 2.49. The van der Waals surface area contributed by atoms with Gasteiger partial charge >= 0.3 is 0 Å². The summed E-state index contributed by atoms with van der Waals surface area (Å²) >= 11 is 0. The van der Waals surface area contributed by atoms with Crippen molar-refractivity contribution in [1.29, 1.82) is 0 Å². The topological polar surface area (TPSA) is 38.3 Å². The van der Waals surface area contributed by atoms with Gasteiger partial charge in [-0.25, -0.2) is 8.78 Å². The minimum absolute atomic E-state index is 0.0819. The van der Waals surface area contributed by atoms with Crippen molar-refractivity contribution >= 4 is 5.91 Å². The van der Waals surface area contributed by atoms with Crippen LogP contribution in [0.4, 0.5) is 8.78 Å². The molecule has 1 N–H and O–H groups in total. The predicted octanol–water partition coefficient (Wildman–Crippen LogP) is 2.64. The van der Waals surface area contributed by atoms with E-state index in [0.29, 0.717) is 24.7 Å². The third-order valence-corrected chi connectivity index (χ3v) is 3.78. The van der Waals surface area contributed by atoms with Gasteiger partial charge < -0.3 is 10.1 Å². The first-order valence-electron chi connectivity index (χ1n) is 6.86. The molecule has 0 bridgehead atoms. The molecule has 1 atom stereocenters. The van der Waals surface area contributed by atoms with E-state index < -0.39 is 11.6 Å². The first-order chi connectivity index (χ1) is 9.56. The van der Waals surface area contributed by atoms with Gasteiger partial charge in [-0.15, -0.1) is 0 Å². The average molecular weight is 283 g/mol. The molecule has 20 heavy (non-hydrogen) atoms. The number of halogens is 2. The summed E-state index contributed by atoms with van der Waals surface area (Å²) in [4.78, 5) is 12.0. The molecule has 0 aliphatic carbocycles. The van der Waals surface area contributed by atoms with Gasteiger partial charge in [0.15, 0.2) is 0 Å². The van der Waals surface area contributed by atoms with Gasteiger partial charge in [0.25, 0.3) is 0 Å². The Kier molecular flexibility index (Phi) is 5.06. The molecule has 1 aliphatic rings. The molecule has 0 spiro atoms. The van der Waals surface area contributed by atoms with E-state index in [-0.39, 0.29) is 18.4 Å². The van der Waals surface area contributed by atoms with Crippen LogP contribution in [0.25, 0.3) is 0 Å². The second-order valence-corrected chi connectivity index (χ2v) is 5.23. The van der Waals surface area contributed by atoms with Crippen LogP contribution in [0.2, 0.25) is 0 Å². The molecule has 1 unspecified atom stereocenters. The van der Waals surface area contributed by atoms with Gasteiger partial charge in [-0.05, 0) is 36.5 Å². The van der Waals surface area contributed by atoms with Crippen molar-refractivity contribution in [3.8, 4) is 0 Å². The molecular formula is C15H19F2NO2. The van der Waals surface area contributed by atoms with Gasteiger partial charge in [0.05, 0.1) is 0 Å². The molecule has 0 saturated carbocycles. The van der Waals surface area contributed by atoms with E-state index in [4.69, 9.17) is 4.74 Å². The molecule has 1 heterocycles. The van der Waals surface area contributed by atoms with Crippen LogP contribution in [0.15, 0.2) is 18.2 Å². The summed E-state index contributed by atoms with van der Waals surface area (Å²) in [6.45, 7) is 3.41. The lowest BCUT2D eigenvalue weighted by atomic mass is 9.87. The van der Waals surface area contributed by atoms with Crippen molar-refractivity contribution in [1.82, 2.24) is 5.32 Å². The minimum atomic E-state index is -0.633. The summed E-state index contributed by atoms with van der Waals surface area (Å²) in [6, 6.07) is 3.26. The van der Waals surface area contributed by atoms with E-state index in [1.54, 1.807) is 0 Å². The summed E-state index contributed by atoms with van der Waals surface area (Å²) in [7, 11) is 0. The van der Waals surface area contributed by atoms with E-state index in [9.17, 15) is 13.6 Å². The molecule has 1 aromatic rings. The standard InChI is InChI=1S/C15H19F2NO2/c1-10(12-2-4-20-5-3-12)15(19)18-9-11-6-13(16)8-14(17)7-11/h6-8,10,12H,2-5,9H2,1H3,(H,18,19). The molecule has 3 nitrogen and oxygen atoms in total. The average Bonchev–Trinajstić information content (AvgIpc) is 2.44. The van der Waals surface area contributed by atoms with Gasteiger partial charge in [0.1, 0.15) is 11.6 Å². The third-order valence-electron chi connectivity index (χ3n) is 3.78. The third kappa shape index (κ3) is 4.00. The lowest BCUT2D eigenvalue weighted by Crippen LogP contribution is -2.35. The summed E-state index contributed by atoms with van der Waals surface area (Å²) in [5.41, 5.74) is 0.426. The molecule has 1 aromatic carbocycles. The number of amides is 1. The fraction of sp³-hybridized carbons (Fsp3) is 0.533. The fourth-order valence-electron chi connectivity index (χ4n) is 2.49. The lowest BCUT2D eigenvalue weighted by Gasteiger charge is -2.26. The van der Waals surface area contributed by atoms with Crippen molar-refractivity contribution in [2.24, 2.45) is 11.8 Å². The second kappa shape index (κ2) is 6.79. The molecule has 0 radical (unpaired) electrons. The lowest BCUT2D eigenvalue weighted by molar-refractivity contribution is -0.127. The predicted molar refractivity (Wildman–Crippen MR) is 70.9 cm³/mol. The Bertz CT molecular complexity index is 453. The zero-order chi connectivity index (χ0) is 14.5. The molecule has 1 fully saturated rings. The first kappa shape index (κ1) is 14.9. The van der Waals surface area contributed by atoms with Gasteiger partial charge in [-0.3, -0.25) is 4.79 Å². The molecule has 0 aromatic heterocycles.